The van der Waals surface area contributed by atoms with Crippen molar-refractivity contribution in [2.75, 3.05) is 13.1 Å². The van der Waals surface area contributed by atoms with Gasteiger partial charge in [0.2, 0.25) is 0 Å². The third-order valence-corrected chi connectivity index (χ3v) is 4.50. The Morgan fingerprint density at radius 2 is 2.06 bits per heavy atom. The lowest BCUT2D eigenvalue weighted by atomic mass is 9.96. The van der Waals surface area contributed by atoms with Crippen LogP contribution in [0.1, 0.15) is 49.3 Å². The fourth-order valence-corrected chi connectivity index (χ4v) is 3.53. The summed E-state index contributed by atoms with van der Waals surface area (Å²) in [7, 11) is 0. The SMILES string of the molecule is OC1CCCc2c(Br)nc(C3CCNCC3)n21. The molecule has 2 aliphatic rings. The van der Waals surface area contributed by atoms with Crippen molar-refractivity contribution in [2.45, 2.75) is 44.2 Å². The molecule has 3 heterocycles. The van der Waals surface area contributed by atoms with E-state index in [9.17, 15) is 5.11 Å². The Balaban J connectivity index is 1.98. The van der Waals surface area contributed by atoms with E-state index >= 15 is 0 Å². The first-order chi connectivity index (χ1) is 8.27. The van der Waals surface area contributed by atoms with Crippen molar-refractivity contribution in [1.82, 2.24) is 14.9 Å². The lowest BCUT2D eigenvalue weighted by molar-refractivity contribution is 0.0737. The van der Waals surface area contributed by atoms with Crippen molar-refractivity contribution >= 4 is 15.9 Å². The zero-order valence-corrected chi connectivity index (χ0v) is 11.4. The van der Waals surface area contributed by atoms with Gasteiger partial charge >= 0.3 is 0 Å². The summed E-state index contributed by atoms with van der Waals surface area (Å²) in [5, 5.41) is 13.5. The Morgan fingerprint density at radius 3 is 2.82 bits per heavy atom. The van der Waals surface area contributed by atoms with E-state index in [1.165, 1.54) is 5.69 Å². The van der Waals surface area contributed by atoms with Crippen LogP contribution < -0.4 is 5.32 Å². The van der Waals surface area contributed by atoms with Gasteiger partial charge in [0.25, 0.3) is 0 Å². The minimum absolute atomic E-state index is 0.373. The largest absolute Gasteiger partial charge is 0.373 e. The molecular formula is C12H18BrN3O. The number of halogens is 1. The number of hydrogen-bond acceptors (Lipinski definition) is 3. The summed E-state index contributed by atoms with van der Waals surface area (Å²) in [6, 6.07) is 0. The van der Waals surface area contributed by atoms with Crippen LogP contribution in [-0.2, 0) is 6.42 Å². The molecular weight excluding hydrogens is 282 g/mol. The molecule has 1 atom stereocenters. The van der Waals surface area contributed by atoms with E-state index in [0.717, 1.165) is 55.6 Å². The highest BCUT2D eigenvalue weighted by Crippen LogP contribution is 2.35. The standard InChI is InChI=1S/C12H18BrN3O/c13-11-9-2-1-3-10(17)16(9)12(15-11)8-4-6-14-7-5-8/h8,10,14,17H,1-7H2. The molecule has 0 amide bonds. The summed E-state index contributed by atoms with van der Waals surface area (Å²) in [4.78, 5) is 4.66. The molecule has 0 aromatic carbocycles. The van der Waals surface area contributed by atoms with Gasteiger partial charge in [0.15, 0.2) is 0 Å². The van der Waals surface area contributed by atoms with Crippen LogP contribution in [0.4, 0.5) is 0 Å². The minimum Gasteiger partial charge on any atom is -0.373 e. The van der Waals surface area contributed by atoms with Gasteiger partial charge in [0, 0.05) is 5.92 Å². The van der Waals surface area contributed by atoms with Gasteiger partial charge in [-0.2, -0.15) is 0 Å². The number of nitrogens with zero attached hydrogens (tertiary/aromatic N) is 2. The van der Waals surface area contributed by atoms with Crippen molar-refractivity contribution in [2.24, 2.45) is 0 Å². The summed E-state index contributed by atoms with van der Waals surface area (Å²) >= 11 is 3.54. The number of rotatable bonds is 1. The fraction of sp³-hybridized carbons (Fsp3) is 0.750. The van der Waals surface area contributed by atoms with E-state index in [4.69, 9.17) is 0 Å². The van der Waals surface area contributed by atoms with E-state index in [0.29, 0.717) is 5.92 Å². The Kier molecular flexibility index (Phi) is 3.23. The first kappa shape index (κ1) is 11.7. The second-order valence-electron chi connectivity index (χ2n) is 4.97. The summed E-state index contributed by atoms with van der Waals surface area (Å²) in [5.74, 6) is 1.58. The molecule has 17 heavy (non-hydrogen) atoms. The van der Waals surface area contributed by atoms with E-state index in [1.807, 2.05) is 0 Å². The molecule has 5 heteroatoms. The smallest absolute Gasteiger partial charge is 0.132 e. The van der Waals surface area contributed by atoms with Crippen LogP contribution in [0.3, 0.4) is 0 Å². The Labute approximate surface area is 110 Å². The van der Waals surface area contributed by atoms with Crippen LogP contribution in [-0.4, -0.2) is 27.7 Å². The first-order valence-corrected chi connectivity index (χ1v) is 7.22. The fourth-order valence-electron chi connectivity index (χ4n) is 2.96. The van der Waals surface area contributed by atoms with Gasteiger partial charge in [-0.05, 0) is 61.1 Å². The van der Waals surface area contributed by atoms with Crippen molar-refractivity contribution in [3.8, 4) is 0 Å². The number of aliphatic hydroxyl groups excluding tert-OH is 1. The molecule has 3 rings (SSSR count). The summed E-state index contributed by atoms with van der Waals surface area (Å²) in [5.41, 5.74) is 1.18. The average molecular weight is 300 g/mol. The second kappa shape index (κ2) is 4.71. The molecule has 1 fully saturated rings. The van der Waals surface area contributed by atoms with Crippen molar-refractivity contribution in [1.29, 1.82) is 0 Å². The van der Waals surface area contributed by atoms with Crippen molar-refractivity contribution in [3.05, 3.63) is 16.1 Å². The maximum absolute atomic E-state index is 10.2. The van der Waals surface area contributed by atoms with Gasteiger partial charge < -0.3 is 15.0 Å². The molecule has 4 nitrogen and oxygen atoms in total. The Morgan fingerprint density at radius 1 is 1.29 bits per heavy atom. The molecule has 1 unspecified atom stereocenters. The third kappa shape index (κ3) is 2.04. The summed E-state index contributed by atoms with van der Waals surface area (Å²) < 4.78 is 3.01. The number of aliphatic hydroxyl groups is 1. The Bertz CT molecular complexity index is 412. The van der Waals surface area contributed by atoms with Crippen molar-refractivity contribution in [3.63, 3.8) is 0 Å². The highest BCUT2D eigenvalue weighted by Gasteiger charge is 2.29. The predicted molar refractivity (Wildman–Crippen MR) is 69.0 cm³/mol. The Hall–Kier alpha value is -0.390. The van der Waals surface area contributed by atoms with Gasteiger partial charge in [0.1, 0.15) is 16.7 Å². The monoisotopic (exact) mass is 299 g/mol. The lowest BCUT2D eigenvalue weighted by Gasteiger charge is -2.28. The van der Waals surface area contributed by atoms with Crippen LogP contribution in [0.5, 0.6) is 0 Å². The molecule has 1 saturated heterocycles. The van der Waals surface area contributed by atoms with E-state index < -0.39 is 0 Å². The number of aromatic nitrogens is 2. The molecule has 0 saturated carbocycles. The minimum atomic E-state index is -0.373. The first-order valence-electron chi connectivity index (χ1n) is 6.42. The summed E-state index contributed by atoms with van der Waals surface area (Å²) in [6.45, 7) is 2.11. The zero-order chi connectivity index (χ0) is 11.8. The van der Waals surface area contributed by atoms with Gasteiger partial charge in [0.05, 0.1) is 5.69 Å². The van der Waals surface area contributed by atoms with E-state index in [1.54, 1.807) is 0 Å². The van der Waals surface area contributed by atoms with Crippen LogP contribution in [0.15, 0.2) is 4.60 Å². The van der Waals surface area contributed by atoms with Crippen molar-refractivity contribution < 1.29 is 5.11 Å². The number of fused-ring (bicyclic) bond motifs is 1. The van der Waals surface area contributed by atoms with Gasteiger partial charge in [-0.3, -0.25) is 0 Å². The number of nitrogens with one attached hydrogen (secondary N) is 1. The highest BCUT2D eigenvalue weighted by molar-refractivity contribution is 9.10. The molecule has 1 aromatic heterocycles. The number of piperidine rings is 1. The van der Waals surface area contributed by atoms with Crippen LogP contribution in [0.2, 0.25) is 0 Å². The van der Waals surface area contributed by atoms with Gasteiger partial charge in [-0.1, -0.05) is 0 Å². The van der Waals surface area contributed by atoms with Crippen LogP contribution >= 0.6 is 15.9 Å². The van der Waals surface area contributed by atoms with Gasteiger partial charge in [-0.15, -0.1) is 0 Å². The third-order valence-electron chi connectivity index (χ3n) is 3.87. The molecule has 0 aliphatic carbocycles. The maximum Gasteiger partial charge on any atom is 0.132 e. The molecule has 1 aromatic rings. The molecule has 2 aliphatic heterocycles. The quantitative estimate of drug-likeness (QED) is 0.833. The average Bonchev–Trinajstić information content (AvgIpc) is 2.70. The highest BCUT2D eigenvalue weighted by atomic mass is 79.9. The van der Waals surface area contributed by atoms with Crippen LogP contribution in [0.25, 0.3) is 0 Å². The number of hydrogen-bond donors (Lipinski definition) is 2. The number of imidazole rings is 1. The maximum atomic E-state index is 10.2. The predicted octanol–water partition coefficient (Wildman–Crippen LogP) is 1.94. The lowest BCUT2D eigenvalue weighted by Crippen LogP contribution is -2.29. The topological polar surface area (TPSA) is 50.1 Å². The normalized spacial score (nSPS) is 25.9. The zero-order valence-electron chi connectivity index (χ0n) is 9.82. The molecule has 0 radical (unpaired) electrons. The van der Waals surface area contributed by atoms with E-state index in [-0.39, 0.29) is 6.23 Å². The molecule has 0 spiro atoms. The molecule has 0 bridgehead atoms. The van der Waals surface area contributed by atoms with Crippen LogP contribution in [0, 0.1) is 0 Å². The molecule has 2 N–H and O–H groups in total. The summed E-state index contributed by atoms with van der Waals surface area (Å²) in [6.07, 6.45) is 4.80. The van der Waals surface area contributed by atoms with Gasteiger partial charge in [-0.25, -0.2) is 4.98 Å². The van der Waals surface area contributed by atoms with E-state index in [2.05, 4.69) is 30.8 Å². The second-order valence-corrected chi connectivity index (χ2v) is 5.73. The molecule has 94 valence electrons.